The standard InChI is InChI=1S/C29H46O6/c1-25(2)12-13-29(24(34)35)11-8-17-16(21(29)23(25)33)6-7-19-26(17,3)10-9-20-27(19,4)14-18(31)22(32)28(20,5)15-30/h6,17-23,30-33H,7-15H2,1-5H3,(H,34,35)/t17?,18-,19+,20?,21-,22+,23+,26+,27-,28+,29-/m1/s1. The normalized spacial score (nSPS) is 55.0. The quantitative estimate of drug-likeness (QED) is 0.376. The zero-order valence-corrected chi connectivity index (χ0v) is 22.1. The molecule has 0 radical (unpaired) electrons. The highest BCUT2D eigenvalue weighted by molar-refractivity contribution is 5.76. The molecular weight excluding hydrogens is 444 g/mol. The Morgan fingerprint density at radius 3 is 2.23 bits per heavy atom. The summed E-state index contributed by atoms with van der Waals surface area (Å²) in [5.74, 6) is -0.534. The van der Waals surface area contributed by atoms with E-state index in [9.17, 15) is 30.3 Å². The van der Waals surface area contributed by atoms with Gasteiger partial charge in [0.05, 0.1) is 30.3 Å². The summed E-state index contributed by atoms with van der Waals surface area (Å²) in [6.07, 6.45) is 5.65. The van der Waals surface area contributed by atoms with Crippen molar-refractivity contribution in [1.29, 1.82) is 0 Å². The Hall–Kier alpha value is -0.950. The van der Waals surface area contributed by atoms with Gasteiger partial charge in [-0.15, -0.1) is 0 Å². The third kappa shape index (κ3) is 3.12. The maximum atomic E-state index is 12.7. The molecule has 0 bridgehead atoms. The van der Waals surface area contributed by atoms with Crippen LogP contribution in [0.4, 0.5) is 0 Å². The highest BCUT2D eigenvalue weighted by Crippen LogP contribution is 2.72. The van der Waals surface area contributed by atoms with Crippen LogP contribution in [0.15, 0.2) is 11.6 Å². The molecule has 4 fully saturated rings. The van der Waals surface area contributed by atoms with Gasteiger partial charge >= 0.3 is 5.97 Å². The predicted molar refractivity (Wildman–Crippen MR) is 132 cm³/mol. The van der Waals surface area contributed by atoms with Crippen LogP contribution in [0.25, 0.3) is 0 Å². The van der Waals surface area contributed by atoms with Crippen molar-refractivity contribution in [3.05, 3.63) is 11.6 Å². The number of carbonyl (C=O) groups is 1. The molecule has 2 unspecified atom stereocenters. The molecule has 0 aromatic heterocycles. The topological polar surface area (TPSA) is 118 Å². The monoisotopic (exact) mass is 490 g/mol. The van der Waals surface area contributed by atoms with E-state index in [1.54, 1.807) is 0 Å². The Labute approximate surface area is 209 Å². The van der Waals surface area contributed by atoms with Crippen LogP contribution in [-0.4, -0.2) is 56.4 Å². The van der Waals surface area contributed by atoms with Crippen molar-refractivity contribution in [2.45, 2.75) is 104 Å². The molecule has 4 saturated carbocycles. The predicted octanol–water partition coefficient (Wildman–Crippen LogP) is 3.76. The number of aliphatic carboxylic acids is 1. The number of carboxylic acids is 1. The van der Waals surface area contributed by atoms with Gasteiger partial charge < -0.3 is 25.5 Å². The van der Waals surface area contributed by atoms with E-state index in [-0.39, 0.29) is 46.5 Å². The van der Waals surface area contributed by atoms with Crippen LogP contribution in [0.3, 0.4) is 0 Å². The number of allylic oxidation sites excluding steroid dienone is 1. The summed E-state index contributed by atoms with van der Waals surface area (Å²) in [7, 11) is 0. The maximum absolute atomic E-state index is 12.7. The lowest BCUT2D eigenvalue weighted by Gasteiger charge is -2.68. The molecule has 0 aromatic carbocycles. The van der Waals surface area contributed by atoms with Crippen LogP contribution < -0.4 is 0 Å². The second-order valence-electron chi connectivity index (χ2n) is 14.4. The lowest BCUT2D eigenvalue weighted by Crippen LogP contribution is -2.67. The first kappa shape index (κ1) is 25.7. The van der Waals surface area contributed by atoms with E-state index in [1.165, 1.54) is 5.57 Å². The molecule has 5 aliphatic carbocycles. The average molecular weight is 491 g/mol. The summed E-state index contributed by atoms with van der Waals surface area (Å²) < 4.78 is 0. The Bertz CT molecular complexity index is 928. The van der Waals surface area contributed by atoms with Gasteiger partial charge in [-0.3, -0.25) is 4.79 Å². The first-order valence-corrected chi connectivity index (χ1v) is 13.8. The van der Waals surface area contributed by atoms with Gasteiger partial charge in [-0.25, -0.2) is 0 Å². The smallest absolute Gasteiger partial charge is 0.310 e. The van der Waals surface area contributed by atoms with Gasteiger partial charge in [0, 0.05) is 11.3 Å². The van der Waals surface area contributed by atoms with Crippen LogP contribution in [0.2, 0.25) is 0 Å². The molecule has 198 valence electrons. The molecule has 11 atom stereocenters. The lowest BCUT2D eigenvalue weighted by molar-refractivity contribution is -0.235. The molecule has 0 heterocycles. The van der Waals surface area contributed by atoms with Crippen molar-refractivity contribution < 1.29 is 30.3 Å². The molecule has 6 heteroatoms. The maximum Gasteiger partial charge on any atom is 0.310 e. The zero-order chi connectivity index (χ0) is 25.8. The SMILES string of the molecule is CC1(C)CC[C@]2(C(=O)O)CCC3C(=CC[C@H]4[C@@]3(C)CCC3[C@]4(C)C[C@@H](O)[C@H](O)[C@@]3(C)CO)[C@@H]2[C@@H]1O. The summed E-state index contributed by atoms with van der Waals surface area (Å²) >= 11 is 0. The van der Waals surface area contributed by atoms with Crippen LogP contribution in [-0.2, 0) is 4.79 Å². The Balaban J connectivity index is 1.59. The van der Waals surface area contributed by atoms with E-state index < -0.39 is 35.1 Å². The third-order valence-electron chi connectivity index (χ3n) is 12.6. The molecule has 0 aliphatic heterocycles. The summed E-state index contributed by atoms with van der Waals surface area (Å²) in [5, 5.41) is 54.2. The van der Waals surface area contributed by atoms with Gasteiger partial charge in [-0.2, -0.15) is 0 Å². The fourth-order valence-corrected chi connectivity index (χ4v) is 10.4. The minimum absolute atomic E-state index is 0.0698. The molecule has 0 spiro atoms. The van der Waals surface area contributed by atoms with E-state index in [2.05, 4.69) is 33.8 Å². The van der Waals surface area contributed by atoms with E-state index in [0.717, 1.165) is 25.7 Å². The Morgan fingerprint density at radius 1 is 0.914 bits per heavy atom. The average Bonchev–Trinajstić information content (AvgIpc) is 2.79. The van der Waals surface area contributed by atoms with Crippen molar-refractivity contribution in [3.8, 4) is 0 Å². The first-order valence-electron chi connectivity index (χ1n) is 13.8. The van der Waals surface area contributed by atoms with Gasteiger partial charge in [-0.1, -0.05) is 46.3 Å². The first-order chi connectivity index (χ1) is 16.2. The minimum Gasteiger partial charge on any atom is -0.481 e. The van der Waals surface area contributed by atoms with Gasteiger partial charge in [0.2, 0.25) is 0 Å². The minimum atomic E-state index is -0.935. The van der Waals surface area contributed by atoms with Crippen molar-refractivity contribution >= 4 is 5.97 Å². The van der Waals surface area contributed by atoms with Gasteiger partial charge in [0.1, 0.15) is 0 Å². The molecule has 5 N–H and O–H groups in total. The van der Waals surface area contributed by atoms with Crippen molar-refractivity contribution in [1.82, 2.24) is 0 Å². The zero-order valence-electron chi connectivity index (χ0n) is 22.1. The molecule has 35 heavy (non-hydrogen) atoms. The second kappa shape index (κ2) is 7.78. The Kier molecular flexibility index (Phi) is 5.71. The molecule has 0 amide bonds. The van der Waals surface area contributed by atoms with E-state index in [4.69, 9.17) is 0 Å². The van der Waals surface area contributed by atoms with Gasteiger partial charge in [-0.05, 0) is 85.4 Å². The summed E-state index contributed by atoms with van der Waals surface area (Å²) in [4.78, 5) is 12.7. The fourth-order valence-electron chi connectivity index (χ4n) is 10.4. The van der Waals surface area contributed by atoms with Gasteiger partial charge in [0.25, 0.3) is 0 Å². The van der Waals surface area contributed by atoms with Crippen LogP contribution in [0.1, 0.15) is 86.0 Å². The molecule has 0 saturated heterocycles. The number of aliphatic hydroxyl groups excluding tert-OH is 4. The number of fused-ring (bicyclic) bond motifs is 7. The highest BCUT2D eigenvalue weighted by atomic mass is 16.4. The third-order valence-corrected chi connectivity index (χ3v) is 12.6. The number of carboxylic acid groups (broad SMARTS) is 1. The fraction of sp³-hybridized carbons (Fsp3) is 0.897. The van der Waals surface area contributed by atoms with Crippen molar-refractivity contribution in [2.24, 2.45) is 50.7 Å². The van der Waals surface area contributed by atoms with E-state index in [0.29, 0.717) is 25.7 Å². The van der Waals surface area contributed by atoms with E-state index >= 15 is 0 Å². The molecule has 0 aromatic rings. The van der Waals surface area contributed by atoms with Crippen LogP contribution in [0, 0.1) is 50.7 Å². The molecular formula is C29H46O6. The highest BCUT2D eigenvalue weighted by Gasteiger charge is 2.68. The number of hydrogen-bond donors (Lipinski definition) is 5. The molecule has 6 nitrogen and oxygen atoms in total. The van der Waals surface area contributed by atoms with Crippen molar-refractivity contribution in [3.63, 3.8) is 0 Å². The summed E-state index contributed by atoms with van der Waals surface area (Å²) in [5.41, 5.74) is -1.09. The van der Waals surface area contributed by atoms with Gasteiger partial charge in [0.15, 0.2) is 0 Å². The van der Waals surface area contributed by atoms with Crippen LogP contribution >= 0.6 is 0 Å². The number of aliphatic hydroxyl groups is 4. The summed E-state index contributed by atoms with van der Waals surface area (Å²) in [6, 6.07) is 0. The number of rotatable bonds is 2. The number of hydrogen-bond acceptors (Lipinski definition) is 5. The van der Waals surface area contributed by atoms with Crippen LogP contribution in [0.5, 0.6) is 0 Å². The second-order valence-corrected chi connectivity index (χ2v) is 14.4. The Morgan fingerprint density at radius 2 is 1.60 bits per heavy atom. The lowest BCUT2D eigenvalue weighted by atomic mass is 9.36. The molecule has 5 aliphatic rings. The molecule has 5 rings (SSSR count). The largest absolute Gasteiger partial charge is 0.481 e. The van der Waals surface area contributed by atoms with E-state index in [1.807, 2.05) is 6.92 Å². The summed E-state index contributed by atoms with van der Waals surface area (Å²) in [6.45, 7) is 10.5. The van der Waals surface area contributed by atoms with Crippen molar-refractivity contribution in [2.75, 3.05) is 6.61 Å².